The molecule has 0 aromatic carbocycles. The molecule has 0 spiro atoms. The SMILES string of the molecule is CCC/C(C(=O)O)=c1\scc2c1=NC=N2. The monoisotopic (exact) mass is 222 g/mol. The second kappa shape index (κ2) is 3.94. The van der Waals surface area contributed by atoms with E-state index >= 15 is 0 Å². The first-order valence-corrected chi connectivity index (χ1v) is 5.56. The van der Waals surface area contributed by atoms with Crippen molar-refractivity contribution in [1.82, 2.24) is 0 Å². The Morgan fingerprint density at radius 2 is 2.40 bits per heavy atom. The van der Waals surface area contributed by atoms with E-state index in [0.29, 0.717) is 17.4 Å². The number of nitrogens with zero attached hydrogens (tertiary/aromatic N) is 2. The van der Waals surface area contributed by atoms with Crippen LogP contribution in [0.15, 0.2) is 15.4 Å². The van der Waals surface area contributed by atoms with E-state index in [-0.39, 0.29) is 0 Å². The van der Waals surface area contributed by atoms with Gasteiger partial charge in [0.2, 0.25) is 0 Å². The van der Waals surface area contributed by atoms with Crippen molar-refractivity contribution in [3.8, 4) is 0 Å². The molecule has 0 atom stereocenters. The van der Waals surface area contributed by atoms with Crippen molar-refractivity contribution in [2.24, 2.45) is 9.98 Å². The van der Waals surface area contributed by atoms with Crippen molar-refractivity contribution in [3.05, 3.63) is 15.3 Å². The molecule has 0 unspecified atom stereocenters. The number of hydrogen-bond donors (Lipinski definition) is 1. The zero-order chi connectivity index (χ0) is 10.8. The molecule has 0 amide bonds. The summed E-state index contributed by atoms with van der Waals surface area (Å²) in [5, 5.41) is 11.7. The minimum Gasteiger partial charge on any atom is -0.478 e. The van der Waals surface area contributed by atoms with E-state index in [4.69, 9.17) is 5.11 Å². The molecule has 1 aromatic rings. The molecule has 0 saturated heterocycles. The second-order valence-electron chi connectivity index (χ2n) is 3.21. The van der Waals surface area contributed by atoms with Crippen LogP contribution in [0.25, 0.3) is 5.57 Å². The molecule has 0 aliphatic carbocycles. The third-order valence-corrected chi connectivity index (χ3v) is 3.18. The lowest BCUT2D eigenvalue weighted by atomic mass is 10.1. The number of hydrogen-bond acceptors (Lipinski definition) is 4. The van der Waals surface area contributed by atoms with Crippen molar-refractivity contribution in [2.45, 2.75) is 19.8 Å². The van der Waals surface area contributed by atoms with E-state index in [9.17, 15) is 4.79 Å². The first kappa shape index (κ1) is 10.0. The van der Waals surface area contributed by atoms with Gasteiger partial charge in [0.1, 0.15) is 17.4 Å². The van der Waals surface area contributed by atoms with Gasteiger partial charge in [-0.2, -0.15) is 0 Å². The molecule has 0 fully saturated rings. The lowest BCUT2D eigenvalue weighted by molar-refractivity contribution is -0.130. The minimum absolute atomic E-state index is 0.443. The van der Waals surface area contributed by atoms with Gasteiger partial charge in [-0.15, -0.1) is 11.3 Å². The minimum atomic E-state index is -0.858. The predicted molar refractivity (Wildman–Crippen MR) is 59.2 cm³/mol. The van der Waals surface area contributed by atoms with Crippen LogP contribution < -0.4 is 9.89 Å². The first-order valence-electron chi connectivity index (χ1n) is 4.68. The van der Waals surface area contributed by atoms with Gasteiger partial charge < -0.3 is 5.11 Å². The number of rotatable bonds is 3. The van der Waals surface area contributed by atoms with Crippen LogP contribution in [0.1, 0.15) is 19.8 Å². The number of carboxylic acid groups (broad SMARTS) is 1. The highest BCUT2D eigenvalue weighted by Gasteiger charge is 2.12. The van der Waals surface area contributed by atoms with E-state index in [1.165, 1.54) is 17.7 Å². The lowest BCUT2D eigenvalue weighted by Crippen LogP contribution is -2.24. The normalized spacial score (nSPS) is 14.7. The molecule has 78 valence electrons. The molecule has 2 rings (SSSR count). The maximum atomic E-state index is 11.1. The van der Waals surface area contributed by atoms with E-state index in [1.807, 2.05) is 12.3 Å². The Kier molecular flexibility index (Phi) is 2.64. The summed E-state index contributed by atoms with van der Waals surface area (Å²) in [6.45, 7) is 1.96. The summed E-state index contributed by atoms with van der Waals surface area (Å²) in [5.74, 6) is -0.858. The summed E-state index contributed by atoms with van der Waals surface area (Å²) in [6.07, 6.45) is 2.85. The van der Waals surface area contributed by atoms with Crippen molar-refractivity contribution in [2.75, 3.05) is 0 Å². The largest absolute Gasteiger partial charge is 0.478 e. The van der Waals surface area contributed by atoms with Crippen molar-refractivity contribution in [1.29, 1.82) is 0 Å². The zero-order valence-corrected chi connectivity index (χ0v) is 9.04. The molecule has 0 bridgehead atoms. The first-order chi connectivity index (χ1) is 7.24. The maximum absolute atomic E-state index is 11.1. The van der Waals surface area contributed by atoms with Crippen LogP contribution in [0.2, 0.25) is 0 Å². The average Bonchev–Trinajstić information content (AvgIpc) is 2.75. The Hall–Kier alpha value is -1.49. The molecule has 0 saturated carbocycles. The fraction of sp³-hybridized carbons (Fsp3) is 0.300. The quantitative estimate of drug-likeness (QED) is 0.831. The number of carboxylic acids is 1. The van der Waals surface area contributed by atoms with Crippen molar-refractivity contribution in [3.63, 3.8) is 0 Å². The number of thiophene rings is 1. The molecule has 4 nitrogen and oxygen atoms in total. The second-order valence-corrected chi connectivity index (χ2v) is 4.09. The van der Waals surface area contributed by atoms with Crippen LogP contribution in [0.5, 0.6) is 0 Å². The van der Waals surface area contributed by atoms with Crippen LogP contribution in [0.3, 0.4) is 0 Å². The van der Waals surface area contributed by atoms with Gasteiger partial charge in [-0.05, 0) is 6.42 Å². The Morgan fingerprint density at radius 1 is 1.60 bits per heavy atom. The Labute approximate surface area is 90.3 Å². The van der Waals surface area contributed by atoms with E-state index in [2.05, 4.69) is 9.98 Å². The molecule has 1 aliphatic rings. The van der Waals surface area contributed by atoms with E-state index in [1.54, 1.807) is 0 Å². The summed E-state index contributed by atoms with van der Waals surface area (Å²) in [7, 11) is 0. The van der Waals surface area contributed by atoms with Gasteiger partial charge in [-0.3, -0.25) is 0 Å². The molecule has 15 heavy (non-hydrogen) atoms. The van der Waals surface area contributed by atoms with Crippen molar-refractivity contribution >= 4 is 34.9 Å². The molecule has 5 heteroatoms. The summed E-state index contributed by atoms with van der Waals surface area (Å²) in [6, 6.07) is 0. The van der Waals surface area contributed by atoms with Gasteiger partial charge in [-0.1, -0.05) is 13.3 Å². The molecule has 0 radical (unpaired) electrons. The van der Waals surface area contributed by atoms with Gasteiger partial charge in [0, 0.05) is 5.38 Å². The topological polar surface area (TPSA) is 62.0 Å². The van der Waals surface area contributed by atoms with E-state index < -0.39 is 5.97 Å². The van der Waals surface area contributed by atoms with Crippen molar-refractivity contribution < 1.29 is 9.90 Å². The molecule has 2 heterocycles. The fourth-order valence-corrected chi connectivity index (χ4v) is 2.49. The smallest absolute Gasteiger partial charge is 0.333 e. The maximum Gasteiger partial charge on any atom is 0.333 e. The number of aliphatic carboxylic acids is 1. The highest BCUT2D eigenvalue weighted by molar-refractivity contribution is 7.08. The molecular formula is C10H10N2O2S. The molecule has 1 aliphatic heterocycles. The summed E-state index contributed by atoms with van der Waals surface area (Å²) >= 11 is 1.40. The van der Waals surface area contributed by atoms with Gasteiger partial charge in [0.15, 0.2) is 0 Å². The average molecular weight is 222 g/mol. The summed E-state index contributed by atoms with van der Waals surface area (Å²) < 4.78 is 0.747. The summed E-state index contributed by atoms with van der Waals surface area (Å²) in [5.41, 5.74) is 1.22. The lowest BCUT2D eigenvalue weighted by Gasteiger charge is -1.96. The van der Waals surface area contributed by atoms with Crippen LogP contribution in [-0.4, -0.2) is 17.4 Å². The number of aliphatic imine (C=N–C) groups is 1. The van der Waals surface area contributed by atoms with Crippen LogP contribution in [-0.2, 0) is 4.79 Å². The summed E-state index contributed by atoms with van der Waals surface area (Å²) in [4.78, 5) is 19.2. The van der Waals surface area contributed by atoms with Crippen LogP contribution >= 0.6 is 11.3 Å². The zero-order valence-electron chi connectivity index (χ0n) is 8.23. The van der Waals surface area contributed by atoms with Gasteiger partial charge in [0.25, 0.3) is 0 Å². The van der Waals surface area contributed by atoms with Gasteiger partial charge >= 0.3 is 5.97 Å². The van der Waals surface area contributed by atoms with Gasteiger partial charge in [0.05, 0.1) is 10.1 Å². The highest BCUT2D eigenvalue weighted by atomic mass is 32.1. The number of carbonyl (C=O) groups is 1. The van der Waals surface area contributed by atoms with E-state index in [0.717, 1.165) is 16.6 Å². The van der Waals surface area contributed by atoms with Crippen LogP contribution in [0.4, 0.5) is 5.69 Å². The number of fused-ring (bicyclic) bond motifs is 1. The highest BCUT2D eigenvalue weighted by Crippen LogP contribution is 2.11. The van der Waals surface area contributed by atoms with Gasteiger partial charge in [-0.25, -0.2) is 14.8 Å². The molecular weight excluding hydrogens is 212 g/mol. The third kappa shape index (κ3) is 1.70. The predicted octanol–water partition coefficient (Wildman–Crippen LogP) is 1.08. The molecule has 1 N–H and O–H groups in total. The third-order valence-electron chi connectivity index (χ3n) is 2.16. The Bertz CT molecular complexity index is 542. The fourth-order valence-electron chi connectivity index (χ4n) is 1.49. The standard InChI is InChI=1S/C10H10N2O2S/c1-2-3-6(10(13)14)9-8-7(4-15-9)11-5-12-8/h4-5H,2-3H2,1H3,(H,13,14)/b9-6+. The van der Waals surface area contributed by atoms with Crippen LogP contribution in [0, 0.1) is 0 Å². The molecule has 1 aromatic heterocycles. The Balaban J connectivity index is 2.68. The Morgan fingerprint density at radius 3 is 3.07 bits per heavy atom.